The molecule has 116 valence electrons. The molecule has 2 aliphatic rings. The quantitative estimate of drug-likeness (QED) is 0.571. The van der Waals surface area contributed by atoms with Crippen LogP contribution in [0.25, 0.3) is 0 Å². The lowest BCUT2D eigenvalue weighted by molar-refractivity contribution is -0.169. The molecule has 1 aliphatic carbocycles. The van der Waals surface area contributed by atoms with Gasteiger partial charge in [0.1, 0.15) is 0 Å². The maximum atomic E-state index is 11.1. The molecular weight excluding hydrogens is 268 g/mol. The molecule has 0 aromatic heterocycles. The van der Waals surface area contributed by atoms with Gasteiger partial charge in [-0.1, -0.05) is 25.7 Å². The minimum Gasteiger partial charge on any atom is -0.392 e. The van der Waals surface area contributed by atoms with Gasteiger partial charge in [-0.15, -0.1) is 0 Å². The first kappa shape index (κ1) is 16.3. The van der Waals surface area contributed by atoms with Crippen molar-refractivity contribution in [3.05, 3.63) is 23.3 Å². The molecule has 1 heterocycles. The summed E-state index contributed by atoms with van der Waals surface area (Å²) in [6.07, 6.45) is 4.02. The summed E-state index contributed by atoms with van der Waals surface area (Å²) >= 11 is 0. The molecule has 0 amide bonds. The molecule has 1 spiro atoms. The van der Waals surface area contributed by atoms with Crippen LogP contribution in [0.15, 0.2) is 23.3 Å². The first-order valence-electron chi connectivity index (χ1n) is 7.26. The highest BCUT2D eigenvalue weighted by Crippen LogP contribution is 2.49. The number of ether oxygens (including phenoxy) is 2. The Morgan fingerprint density at radius 1 is 1.38 bits per heavy atom. The van der Waals surface area contributed by atoms with E-state index in [2.05, 4.69) is 11.8 Å². The minimum absolute atomic E-state index is 0.0536. The summed E-state index contributed by atoms with van der Waals surface area (Å²) in [4.78, 5) is 0. The van der Waals surface area contributed by atoms with E-state index in [0.717, 1.165) is 11.1 Å². The number of rotatable bonds is 1. The molecule has 2 N–H and O–H groups in total. The Kier molecular flexibility index (Phi) is 4.32. The van der Waals surface area contributed by atoms with E-state index in [0.29, 0.717) is 19.6 Å². The fourth-order valence-electron chi connectivity index (χ4n) is 3.06. The molecule has 1 atom stereocenters. The highest BCUT2D eigenvalue weighted by atomic mass is 16.7. The van der Waals surface area contributed by atoms with E-state index >= 15 is 0 Å². The van der Waals surface area contributed by atoms with Crippen LogP contribution in [0.2, 0.25) is 0 Å². The molecule has 1 saturated heterocycles. The highest BCUT2D eigenvalue weighted by molar-refractivity contribution is 5.42. The van der Waals surface area contributed by atoms with Gasteiger partial charge in [-0.25, -0.2) is 0 Å². The molecule has 0 saturated carbocycles. The summed E-state index contributed by atoms with van der Waals surface area (Å²) in [5, 5.41) is 20.0. The molecule has 4 nitrogen and oxygen atoms in total. The second-order valence-electron chi connectivity index (χ2n) is 6.43. The molecule has 0 radical (unpaired) electrons. The van der Waals surface area contributed by atoms with Gasteiger partial charge in [0.05, 0.1) is 19.8 Å². The number of aliphatic hydroxyl groups excluding tert-OH is 1. The summed E-state index contributed by atoms with van der Waals surface area (Å²) in [5.74, 6) is 5.19. The highest BCUT2D eigenvalue weighted by Gasteiger charge is 2.54. The van der Waals surface area contributed by atoms with Crippen molar-refractivity contribution in [2.75, 3.05) is 19.8 Å². The van der Waals surface area contributed by atoms with E-state index in [1.807, 2.05) is 33.8 Å². The minimum atomic E-state index is -1.24. The summed E-state index contributed by atoms with van der Waals surface area (Å²) in [6, 6.07) is 0. The zero-order valence-corrected chi connectivity index (χ0v) is 13.2. The Hall–Kier alpha value is -1.12. The molecule has 0 aromatic carbocycles. The van der Waals surface area contributed by atoms with Gasteiger partial charge in [0.2, 0.25) is 0 Å². The lowest BCUT2D eigenvalue weighted by atomic mass is 9.63. The molecule has 0 aromatic rings. The second-order valence-corrected chi connectivity index (χ2v) is 6.43. The van der Waals surface area contributed by atoms with E-state index < -0.39 is 16.8 Å². The Balaban J connectivity index is 2.40. The van der Waals surface area contributed by atoms with Gasteiger partial charge < -0.3 is 19.7 Å². The predicted molar refractivity (Wildman–Crippen MR) is 80.4 cm³/mol. The SMILES string of the molecule is CC1=CC2(CC(C)(C)C1(O)C#C/C(C)=C\CO)OCCO2. The lowest BCUT2D eigenvalue weighted by Crippen LogP contribution is -2.53. The van der Waals surface area contributed by atoms with Crippen molar-refractivity contribution in [1.29, 1.82) is 0 Å². The Bertz CT molecular complexity index is 527. The standard InChI is InChI=1S/C17H24O4/c1-13(6-8-18)5-7-17(19)14(2)11-16(12-15(17,3)4)20-9-10-21-16/h6,11,18-19H,8-10,12H2,1-4H3/b13-6-. The second kappa shape index (κ2) is 5.58. The maximum Gasteiger partial charge on any atom is 0.189 e. The van der Waals surface area contributed by atoms with Crippen LogP contribution in [0.4, 0.5) is 0 Å². The van der Waals surface area contributed by atoms with Gasteiger partial charge in [0, 0.05) is 11.8 Å². The van der Waals surface area contributed by atoms with E-state index in [1.165, 1.54) is 0 Å². The monoisotopic (exact) mass is 292 g/mol. The van der Waals surface area contributed by atoms with Crippen molar-refractivity contribution in [2.45, 2.75) is 45.5 Å². The number of hydrogen-bond donors (Lipinski definition) is 2. The van der Waals surface area contributed by atoms with E-state index in [4.69, 9.17) is 14.6 Å². The van der Waals surface area contributed by atoms with Crippen LogP contribution in [0, 0.1) is 17.3 Å². The van der Waals surface area contributed by atoms with Crippen LogP contribution in [0.1, 0.15) is 34.1 Å². The Morgan fingerprint density at radius 3 is 2.52 bits per heavy atom. The van der Waals surface area contributed by atoms with Gasteiger partial charge in [0.25, 0.3) is 0 Å². The predicted octanol–water partition coefficient (Wildman–Crippen LogP) is 1.78. The first-order chi connectivity index (χ1) is 9.75. The average Bonchev–Trinajstić information content (AvgIpc) is 2.81. The van der Waals surface area contributed by atoms with Crippen molar-refractivity contribution in [3.8, 4) is 11.8 Å². The van der Waals surface area contributed by atoms with E-state index in [9.17, 15) is 5.11 Å². The molecule has 1 unspecified atom stereocenters. The van der Waals surface area contributed by atoms with Crippen LogP contribution in [0.3, 0.4) is 0 Å². The summed E-state index contributed by atoms with van der Waals surface area (Å²) in [6.45, 7) is 8.69. The van der Waals surface area contributed by atoms with Crippen molar-refractivity contribution < 1.29 is 19.7 Å². The van der Waals surface area contributed by atoms with Crippen LogP contribution < -0.4 is 0 Å². The zero-order chi connectivity index (χ0) is 15.7. The van der Waals surface area contributed by atoms with E-state index in [-0.39, 0.29) is 6.61 Å². The zero-order valence-electron chi connectivity index (χ0n) is 13.2. The van der Waals surface area contributed by atoms with Crippen molar-refractivity contribution in [1.82, 2.24) is 0 Å². The van der Waals surface area contributed by atoms with E-state index in [1.54, 1.807) is 6.08 Å². The molecule has 1 fully saturated rings. The maximum absolute atomic E-state index is 11.1. The molecule has 2 rings (SSSR count). The van der Waals surface area contributed by atoms with Gasteiger partial charge in [-0.2, -0.15) is 0 Å². The summed E-state index contributed by atoms with van der Waals surface area (Å²) in [7, 11) is 0. The molecule has 4 heteroatoms. The molecule has 0 bridgehead atoms. The van der Waals surface area contributed by atoms with Crippen LogP contribution in [0.5, 0.6) is 0 Å². The van der Waals surface area contributed by atoms with Gasteiger partial charge in [-0.3, -0.25) is 0 Å². The third-order valence-corrected chi connectivity index (χ3v) is 4.29. The third-order valence-electron chi connectivity index (χ3n) is 4.29. The van der Waals surface area contributed by atoms with Crippen LogP contribution in [-0.4, -0.2) is 41.4 Å². The molecule has 21 heavy (non-hydrogen) atoms. The summed E-state index contributed by atoms with van der Waals surface area (Å²) < 4.78 is 11.5. The van der Waals surface area contributed by atoms with Gasteiger partial charge >= 0.3 is 0 Å². The molecular formula is C17H24O4. The Morgan fingerprint density at radius 2 is 2.00 bits per heavy atom. The third kappa shape index (κ3) is 2.93. The Labute approximate surface area is 126 Å². The van der Waals surface area contributed by atoms with Crippen LogP contribution in [-0.2, 0) is 9.47 Å². The normalized spacial score (nSPS) is 30.8. The number of hydrogen-bond acceptors (Lipinski definition) is 4. The number of aliphatic hydroxyl groups is 2. The fraction of sp³-hybridized carbons (Fsp3) is 0.647. The largest absolute Gasteiger partial charge is 0.392 e. The average molecular weight is 292 g/mol. The van der Waals surface area contributed by atoms with Gasteiger partial charge in [0.15, 0.2) is 11.4 Å². The van der Waals surface area contributed by atoms with Crippen molar-refractivity contribution in [3.63, 3.8) is 0 Å². The smallest absolute Gasteiger partial charge is 0.189 e. The van der Waals surface area contributed by atoms with Crippen LogP contribution >= 0.6 is 0 Å². The fourth-order valence-corrected chi connectivity index (χ4v) is 3.06. The number of allylic oxidation sites excluding steroid dienone is 1. The molecule has 1 aliphatic heterocycles. The topological polar surface area (TPSA) is 58.9 Å². The van der Waals surface area contributed by atoms with Crippen molar-refractivity contribution in [2.24, 2.45) is 5.41 Å². The lowest BCUT2D eigenvalue weighted by Gasteiger charge is -2.48. The van der Waals surface area contributed by atoms with Gasteiger partial charge in [-0.05, 0) is 37.1 Å². The first-order valence-corrected chi connectivity index (χ1v) is 7.26. The van der Waals surface area contributed by atoms with Crippen molar-refractivity contribution >= 4 is 0 Å². The summed E-state index contributed by atoms with van der Waals surface area (Å²) in [5.41, 5.74) is -0.269.